The van der Waals surface area contributed by atoms with Gasteiger partial charge in [-0.25, -0.2) is 14.8 Å². The summed E-state index contributed by atoms with van der Waals surface area (Å²) in [7, 11) is 0. The molecule has 180 valence electrons. The Hall–Kier alpha value is -3.15. The molecule has 0 aliphatic rings. The molecule has 0 spiro atoms. The lowest BCUT2D eigenvalue weighted by Gasteiger charge is -2.37. The maximum atomic E-state index is 14.0. The van der Waals surface area contributed by atoms with Gasteiger partial charge in [0, 0.05) is 17.1 Å². The van der Waals surface area contributed by atoms with Crippen LogP contribution in [0.4, 0.5) is 18.0 Å². The number of hydrogen-bond acceptors (Lipinski definition) is 7. The van der Waals surface area contributed by atoms with E-state index in [9.17, 15) is 23.1 Å². The van der Waals surface area contributed by atoms with Crippen molar-refractivity contribution in [1.82, 2.24) is 15.0 Å². The number of aliphatic hydroxyl groups is 1. The molecular weight excluding hydrogens is 502 g/mol. The maximum absolute atomic E-state index is 14.0. The van der Waals surface area contributed by atoms with E-state index in [2.05, 4.69) is 19.7 Å². The Morgan fingerprint density at radius 2 is 1.85 bits per heavy atom. The summed E-state index contributed by atoms with van der Waals surface area (Å²) in [5.41, 5.74) is -3.41. The first-order chi connectivity index (χ1) is 15.9. The van der Waals surface area contributed by atoms with Crippen LogP contribution < -0.4 is 9.47 Å². The summed E-state index contributed by atoms with van der Waals surface area (Å²) in [5, 5.41) is 19.1. The molecule has 2 atom stereocenters. The summed E-state index contributed by atoms with van der Waals surface area (Å²) in [5.74, 6) is -1.51. The van der Waals surface area contributed by atoms with E-state index in [4.69, 9.17) is 33.0 Å². The number of alkyl halides is 3. The zero-order chi connectivity index (χ0) is 25.1. The highest BCUT2D eigenvalue weighted by Crippen LogP contribution is 2.50. The third-order valence-corrected chi connectivity index (χ3v) is 5.46. The van der Waals surface area contributed by atoms with Crippen molar-refractivity contribution in [2.75, 3.05) is 0 Å². The zero-order valence-electron chi connectivity index (χ0n) is 17.3. The van der Waals surface area contributed by atoms with Crippen LogP contribution in [0.25, 0.3) is 0 Å². The molecule has 8 nitrogen and oxygen atoms in total. The highest BCUT2D eigenvalue weighted by Gasteiger charge is 2.59. The number of pyridine rings is 1. The smallest absolute Gasteiger partial charge is 0.487 e. The summed E-state index contributed by atoms with van der Waals surface area (Å²) in [4.78, 5) is 21.8. The minimum Gasteiger partial charge on any atom is -0.487 e. The van der Waals surface area contributed by atoms with Crippen molar-refractivity contribution in [2.45, 2.75) is 31.2 Å². The minimum atomic E-state index is -5.05. The Kier molecular flexibility index (Phi) is 7.49. The van der Waals surface area contributed by atoms with Crippen molar-refractivity contribution < 1.29 is 37.7 Å². The second kappa shape index (κ2) is 10.00. The number of rotatable bonds is 7. The molecule has 34 heavy (non-hydrogen) atoms. The van der Waals surface area contributed by atoms with Crippen molar-refractivity contribution in [3.05, 3.63) is 75.9 Å². The molecule has 0 fully saturated rings. The van der Waals surface area contributed by atoms with Gasteiger partial charge in [-0.15, -0.1) is 0 Å². The van der Waals surface area contributed by atoms with Crippen LogP contribution in [0.1, 0.15) is 29.7 Å². The Morgan fingerprint density at radius 1 is 1.12 bits per heavy atom. The summed E-state index contributed by atoms with van der Waals surface area (Å²) < 4.78 is 52.0. The Labute approximate surface area is 200 Å². The summed E-state index contributed by atoms with van der Waals surface area (Å²) in [6.45, 7) is 1.10. The topological polar surface area (TPSA) is 115 Å². The number of carboxylic acid groups (broad SMARTS) is 1. The van der Waals surface area contributed by atoms with E-state index in [0.29, 0.717) is 5.69 Å². The predicted octanol–water partition coefficient (Wildman–Crippen LogP) is 5.37. The highest BCUT2D eigenvalue weighted by atomic mass is 35.5. The van der Waals surface area contributed by atoms with Gasteiger partial charge in [0.2, 0.25) is 5.88 Å². The van der Waals surface area contributed by atoms with Crippen molar-refractivity contribution in [2.24, 2.45) is 0 Å². The SMILES string of the molecule is CC(c1ccc(OCc2cnc(OC(=O)O)cn2)cc1Cl)C(O)(c1ccnc(Cl)c1)C(F)(F)F. The third-order valence-electron chi connectivity index (χ3n) is 4.92. The highest BCUT2D eigenvalue weighted by molar-refractivity contribution is 6.31. The van der Waals surface area contributed by atoms with Crippen molar-refractivity contribution in [3.63, 3.8) is 0 Å². The second-order valence-electron chi connectivity index (χ2n) is 7.04. The first-order valence-corrected chi connectivity index (χ1v) is 10.2. The minimum absolute atomic E-state index is 0.0248. The average molecular weight is 518 g/mol. The molecule has 3 aromatic rings. The van der Waals surface area contributed by atoms with Gasteiger partial charge in [0.15, 0.2) is 5.60 Å². The summed E-state index contributed by atoms with van der Waals surface area (Å²) in [6.07, 6.45) is -3.19. The number of benzene rings is 1. The van der Waals surface area contributed by atoms with Crippen LogP contribution in [0.2, 0.25) is 10.2 Å². The average Bonchev–Trinajstić information content (AvgIpc) is 2.76. The molecule has 13 heteroatoms. The van der Waals surface area contributed by atoms with Gasteiger partial charge in [0.25, 0.3) is 0 Å². The van der Waals surface area contributed by atoms with E-state index in [1.165, 1.54) is 31.3 Å². The quantitative estimate of drug-likeness (QED) is 0.317. The van der Waals surface area contributed by atoms with Crippen LogP contribution in [-0.4, -0.2) is 37.5 Å². The summed E-state index contributed by atoms with van der Waals surface area (Å²) >= 11 is 12.0. The lowest BCUT2D eigenvalue weighted by molar-refractivity contribution is -0.274. The fraction of sp³-hybridized carbons (Fsp3) is 0.238. The normalized spacial score (nSPS) is 14.2. The molecule has 0 aliphatic heterocycles. The molecular formula is C21H16Cl2F3N3O5. The fourth-order valence-corrected chi connectivity index (χ4v) is 3.70. The van der Waals surface area contributed by atoms with Crippen LogP contribution in [0.15, 0.2) is 48.9 Å². The molecule has 1 aromatic carbocycles. The summed E-state index contributed by atoms with van der Waals surface area (Å²) in [6, 6.07) is 6.00. The monoisotopic (exact) mass is 517 g/mol. The van der Waals surface area contributed by atoms with Gasteiger partial charge in [-0.2, -0.15) is 13.2 Å². The van der Waals surface area contributed by atoms with Crippen LogP contribution in [0.3, 0.4) is 0 Å². The first kappa shape index (κ1) is 25.5. The van der Waals surface area contributed by atoms with E-state index < -0.39 is 29.4 Å². The number of aromatic nitrogens is 3. The molecule has 0 saturated heterocycles. The van der Waals surface area contributed by atoms with E-state index >= 15 is 0 Å². The number of hydrogen-bond donors (Lipinski definition) is 2. The number of nitrogens with zero attached hydrogens (tertiary/aromatic N) is 3. The molecule has 2 aromatic heterocycles. The third kappa shape index (κ3) is 5.49. The van der Waals surface area contributed by atoms with E-state index in [1.807, 2.05) is 0 Å². The molecule has 3 rings (SSSR count). The maximum Gasteiger partial charge on any atom is 0.512 e. The molecule has 2 heterocycles. The van der Waals surface area contributed by atoms with Gasteiger partial charge < -0.3 is 19.7 Å². The molecule has 0 amide bonds. The molecule has 2 N–H and O–H groups in total. The van der Waals surface area contributed by atoms with Crippen LogP contribution in [0.5, 0.6) is 11.6 Å². The molecule has 2 unspecified atom stereocenters. The van der Waals surface area contributed by atoms with Gasteiger partial charge in [-0.3, -0.25) is 4.98 Å². The first-order valence-electron chi connectivity index (χ1n) is 9.47. The van der Waals surface area contributed by atoms with Gasteiger partial charge in [0.05, 0.1) is 18.1 Å². The van der Waals surface area contributed by atoms with Gasteiger partial charge in [-0.05, 0) is 35.4 Å². The number of halogens is 5. The molecule has 0 saturated carbocycles. The predicted molar refractivity (Wildman–Crippen MR) is 114 cm³/mol. The van der Waals surface area contributed by atoms with E-state index in [-0.39, 0.29) is 34.0 Å². The van der Waals surface area contributed by atoms with E-state index in [1.54, 1.807) is 0 Å². The number of ether oxygens (including phenoxy) is 2. The number of carbonyl (C=O) groups is 1. The molecule has 0 aliphatic carbocycles. The van der Waals surface area contributed by atoms with Crippen LogP contribution >= 0.6 is 23.2 Å². The largest absolute Gasteiger partial charge is 0.512 e. The van der Waals surface area contributed by atoms with Gasteiger partial charge in [-0.1, -0.05) is 36.2 Å². The zero-order valence-corrected chi connectivity index (χ0v) is 18.8. The van der Waals surface area contributed by atoms with Crippen LogP contribution in [-0.2, 0) is 12.2 Å². The Morgan fingerprint density at radius 3 is 2.41 bits per heavy atom. The fourth-order valence-electron chi connectivity index (χ4n) is 3.19. The lowest BCUT2D eigenvalue weighted by atomic mass is 9.78. The van der Waals surface area contributed by atoms with Crippen molar-refractivity contribution in [1.29, 1.82) is 0 Å². The van der Waals surface area contributed by atoms with E-state index in [0.717, 1.165) is 24.5 Å². The molecule has 0 radical (unpaired) electrons. The van der Waals surface area contributed by atoms with Crippen molar-refractivity contribution >= 4 is 29.4 Å². The Bertz CT molecular complexity index is 1180. The molecule has 0 bridgehead atoms. The van der Waals surface area contributed by atoms with Gasteiger partial charge in [0.1, 0.15) is 17.5 Å². The standard InChI is InChI=1S/C21H16Cl2F3N3O5/c1-11(20(32,21(24,25)26)12-4-5-27-17(23)6-12)15-3-2-14(7-16(15)22)33-10-13-8-29-18(9-28-13)34-19(30)31/h2-9,11,32H,10H2,1H3,(H,30,31). The van der Waals surface area contributed by atoms with Gasteiger partial charge >= 0.3 is 12.3 Å². The lowest BCUT2D eigenvalue weighted by Crippen LogP contribution is -2.46. The second-order valence-corrected chi connectivity index (χ2v) is 7.83. The Balaban J connectivity index is 1.81. The van der Waals surface area contributed by atoms with Crippen molar-refractivity contribution in [3.8, 4) is 11.6 Å². The van der Waals surface area contributed by atoms with Crippen LogP contribution in [0, 0.1) is 0 Å².